The molecule has 0 aromatic rings. The third-order valence-electron chi connectivity index (χ3n) is 0.830. The zero-order chi connectivity index (χ0) is 15.3. The molecule has 0 unspecified atom stereocenters. The molecule has 0 saturated heterocycles. The molecule has 0 radical (unpaired) electrons. The summed E-state index contributed by atoms with van der Waals surface area (Å²) in [6, 6.07) is 0. The van der Waals surface area contributed by atoms with Crippen molar-refractivity contribution >= 4 is 0 Å². The third kappa shape index (κ3) is 10.2. The number of allylic oxidation sites excluding steroid dienone is 2. The van der Waals surface area contributed by atoms with E-state index in [1.807, 2.05) is 0 Å². The highest BCUT2D eigenvalue weighted by Gasteiger charge is 2.39. The van der Waals surface area contributed by atoms with Gasteiger partial charge in [-0.1, -0.05) is 0 Å². The maximum atomic E-state index is 11.0. The molecule has 0 atom stereocenters. The van der Waals surface area contributed by atoms with Gasteiger partial charge in [0.25, 0.3) is 11.7 Å². The Balaban J connectivity index is -0.000000256. The Bertz CT molecular complexity index is 291. The van der Waals surface area contributed by atoms with Crippen molar-refractivity contribution in [1.29, 1.82) is 0 Å². The summed E-state index contributed by atoms with van der Waals surface area (Å²) in [6.45, 7) is 0. The summed E-state index contributed by atoms with van der Waals surface area (Å²) < 4.78 is 130. The smallest absolute Gasteiger partial charge is 0.412 e. The number of alkyl halides is 6. The summed E-state index contributed by atoms with van der Waals surface area (Å²) in [4.78, 5) is 0. The number of hydrogen-bond donors (Lipinski definition) is 0. The lowest BCUT2D eigenvalue weighted by Crippen LogP contribution is -2.08. The molecule has 116 valence electrons. The van der Waals surface area contributed by atoms with E-state index in [-0.39, 0.29) is 5.48 Å². The molecule has 0 aliphatic carbocycles. The van der Waals surface area contributed by atoms with Crippen molar-refractivity contribution in [3.8, 4) is 0 Å². The molecule has 13 heteroatoms. The molecule has 0 bridgehead atoms. The van der Waals surface area contributed by atoms with Gasteiger partial charge in [-0.05, 0) is 0 Å². The minimum absolute atomic E-state index is 0. The van der Waals surface area contributed by atoms with Gasteiger partial charge in [-0.2, -0.15) is 52.7 Å². The quantitative estimate of drug-likeness (QED) is 0.592. The highest BCUT2D eigenvalue weighted by atomic mass is 19.4. The maximum Gasteiger partial charge on any atom is 0.448 e. The topological polar surface area (TPSA) is 31.5 Å². The van der Waals surface area contributed by atoms with Crippen LogP contribution in [0.15, 0.2) is 23.8 Å². The van der Waals surface area contributed by atoms with Crippen LogP contribution in [0.25, 0.3) is 0 Å². The van der Waals surface area contributed by atoms with Crippen molar-refractivity contribution in [3.05, 3.63) is 23.8 Å². The van der Waals surface area contributed by atoms with Crippen molar-refractivity contribution in [2.24, 2.45) is 0 Å². The van der Waals surface area contributed by atoms with Gasteiger partial charge in [0.2, 0.25) is 0 Å². The van der Waals surface area contributed by atoms with Crippen molar-refractivity contribution in [3.63, 3.8) is 0 Å². The molecule has 2 N–H and O–H groups in total. The second-order valence-corrected chi connectivity index (χ2v) is 2.14. The molecule has 0 amide bonds. The normalized spacial score (nSPS) is 10.7. The third-order valence-corrected chi connectivity index (χ3v) is 0.830. The van der Waals surface area contributed by atoms with Crippen LogP contribution in [0.2, 0.25) is 0 Å². The molecule has 0 aromatic carbocycles. The molecule has 0 heterocycles. The van der Waals surface area contributed by atoms with Crippen LogP contribution in [0.5, 0.6) is 0 Å². The van der Waals surface area contributed by atoms with E-state index in [0.717, 1.165) is 0 Å². The molecular formula is C6H2F12O. The fourth-order valence-corrected chi connectivity index (χ4v) is 0.214. The highest BCUT2D eigenvalue weighted by Crippen LogP contribution is 2.30. The molecule has 0 saturated carbocycles. The maximum absolute atomic E-state index is 11.0. The summed E-state index contributed by atoms with van der Waals surface area (Å²) in [6.07, 6.45) is -17.8. The first kappa shape index (κ1) is 22.8. The van der Waals surface area contributed by atoms with Gasteiger partial charge in [-0.3, -0.25) is 0 Å². The van der Waals surface area contributed by atoms with Crippen LogP contribution in [0, 0.1) is 0 Å². The van der Waals surface area contributed by atoms with Gasteiger partial charge in [0.15, 0.2) is 0 Å². The van der Waals surface area contributed by atoms with Gasteiger partial charge >= 0.3 is 24.5 Å². The standard InChI is InChI=1S/2C3F6.H2O/c2*4-1(2(5)6)3(7,8)9;/h;;1H2. The van der Waals surface area contributed by atoms with Crippen LogP contribution in [-0.4, -0.2) is 17.8 Å². The average Bonchev–Trinajstić information content (AvgIpc) is 2.13. The highest BCUT2D eigenvalue weighted by molar-refractivity contribution is 4.99. The molecule has 0 aliphatic rings. The van der Waals surface area contributed by atoms with Crippen LogP contribution in [0.3, 0.4) is 0 Å². The molecule has 1 nitrogen and oxygen atoms in total. The predicted octanol–water partition coefficient (Wildman–Crippen LogP) is 4.43. The van der Waals surface area contributed by atoms with E-state index in [1.165, 1.54) is 0 Å². The van der Waals surface area contributed by atoms with Gasteiger partial charge in [0.05, 0.1) is 0 Å². The van der Waals surface area contributed by atoms with E-state index < -0.39 is 36.2 Å². The monoisotopic (exact) mass is 318 g/mol. The van der Waals surface area contributed by atoms with Crippen molar-refractivity contribution in [2.45, 2.75) is 12.4 Å². The van der Waals surface area contributed by atoms with E-state index in [1.54, 1.807) is 0 Å². The largest absolute Gasteiger partial charge is 0.448 e. The van der Waals surface area contributed by atoms with Gasteiger partial charge < -0.3 is 5.48 Å². The van der Waals surface area contributed by atoms with Crippen LogP contribution >= 0.6 is 0 Å². The summed E-state index contributed by atoms with van der Waals surface area (Å²) in [5.74, 6) is -6.66. The lowest BCUT2D eigenvalue weighted by molar-refractivity contribution is -0.113. The Morgan fingerprint density at radius 1 is 0.474 bits per heavy atom. The Morgan fingerprint density at radius 2 is 0.632 bits per heavy atom. The first-order valence-electron chi connectivity index (χ1n) is 3.27. The minimum Gasteiger partial charge on any atom is -0.412 e. The fraction of sp³-hybridized carbons (Fsp3) is 0.333. The van der Waals surface area contributed by atoms with E-state index in [9.17, 15) is 52.7 Å². The van der Waals surface area contributed by atoms with E-state index >= 15 is 0 Å². The SMILES string of the molecule is FC(F)=C(F)C(F)(F)F.FC(F)=C(F)C(F)(F)F.O. The Hall–Kier alpha value is -1.40. The number of halogens is 12. The summed E-state index contributed by atoms with van der Waals surface area (Å²) >= 11 is 0. The van der Waals surface area contributed by atoms with Crippen LogP contribution in [-0.2, 0) is 0 Å². The average molecular weight is 318 g/mol. The van der Waals surface area contributed by atoms with Crippen LogP contribution in [0.4, 0.5) is 52.7 Å². The zero-order valence-electron chi connectivity index (χ0n) is 8.04. The van der Waals surface area contributed by atoms with Crippen molar-refractivity contribution in [2.75, 3.05) is 0 Å². The summed E-state index contributed by atoms with van der Waals surface area (Å²) in [5.41, 5.74) is 0. The van der Waals surface area contributed by atoms with Crippen molar-refractivity contribution in [1.82, 2.24) is 0 Å². The summed E-state index contributed by atoms with van der Waals surface area (Å²) in [7, 11) is 0. The van der Waals surface area contributed by atoms with Gasteiger partial charge in [-0.25, -0.2) is 0 Å². The zero-order valence-corrected chi connectivity index (χ0v) is 8.04. The molecule has 0 spiro atoms. The Labute approximate surface area is 95.7 Å². The minimum atomic E-state index is -5.56. The first-order chi connectivity index (χ1) is 7.71. The molecular weight excluding hydrogens is 316 g/mol. The number of rotatable bonds is 0. The lowest BCUT2D eigenvalue weighted by Gasteiger charge is -1.98. The van der Waals surface area contributed by atoms with E-state index in [0.29, 0.717) is 0 Å². The second kappa shape index (κ2) is 7.91. The first-order valence-corrected chi connectivity index (χ1v) is 3.27. The molecule has 0 rings (SSSR count). The van der Waals surface area contributed by atoms with Crippen molar-refractivity contribution < 1.29 is 58.2 Å². The molecule has 0 fully saturated rings. The van der Waals surface area contributed by atoms with Gasteiger partial charge in [-0.15, -0.1) is 0 Å². The van der Waals surface area contributed by atoms with E-state index in [2.05, 4.69) is 0 Å². The Morgan fingerprint density at radius 3 is 0.632 bits per heavy atom. The lowest BCUT2D eigenvalue weighted by atomic mass is 10.6. The van der Waals surface area contributed by atoms with E-state index in [4.69, 9.17) is 0 Å². The van der Waals surface area contributed by atoms with Gasteiger partial charge in [0.1, 0.15) is 0 Å². The van der Waals surface area contributed by atoms with Crippen LogP contribution < -0.4 is 0 Å². The number of hydrogen-bond acceptors (Lipinski definition) is 0. The van der Waals surface area contributed by atoms with Crippen LogP contribution in [0.1, 0.15) is 0 Å². The molecule has 0 aliphatic heterocycles. The summed E-state index contributed by atoms with van der Waals surface area (Å²) in [5, 5.41) is 0. The second-order valence-electron chi connectivity index (χ2n) is 2.14. The van der Waals surface area contributed by atoms with Gasteiger partial charge in [0, 0.05) is 0 Å². The Kier molecular flexibility index (Phi) is 9.47. The molecule has 0 aromatic heterocycles. The molecule has 19 heavy (non-hydrogen) atoms. The predicted molar refractivity (Wildman–Crippen MR) is 36.4 cm³/mol. The fourth-order valence-electron chi connectivity index (χ4n) is 0.214.